The Balaban J connectivity index is 0.000000980. The lowest BCUT2D eigenvalue weighted by Gasteiger charge is -1.89. The number of alkyl halides is 1. The molecule has 82 valence electrons. The minimum atomic E-state index is 0. The second-order valence-corrected chi connectivity index (χ2v) is 2.60. The summed E-state index contributed by atoms with van der Waals surface area (Å²) in [6.45, 7) is 0. The molecule has 8 heteroatoms. The highest BCUT2D eigenvalue weighted by atomic mass is 35.5. The van der Waals surface area contributed by atoms with Gasteiger partial charge in [0.2, 0.25) is 0 Å². The molecule has 15 heavy (non-hydrogen) atoms. The summed E-state index contributed by atoms with van der Waals surface area (Å²) in [6.07, 6.45) is 3.09. The van der Waals surface area contributed by atoms with Crippen molar-refractivity contribution < 1.29 is 0 Å². The Hall–Kier alpha value is -0.910. The molecule has 0 aliphatic rings. The van der Waals surface area contributed by atoms with E-state index in [9.17, 15) is 0 Å². The maximum Gasteiger partial charge on any atom is 0.199 e. The van der Waals surface area contributed by atoms with E-state index >= 15 is 0 Å². The van der Waals surface area contributed by atoms with Gasteiger partial charge in [-0.25, -0.2) is 15.0 Å². The van der Waals surface area contributed by atoms with Crippen LogP contribution in [-0.2, 0) is 5.88 Å². The fraction of sp³-hybridized carbons (Fsp3) is 0.143. The van der Waals surface area contributed by atoms with Crippen LogP contribution in [0.1, 0.15) is 5.82 Å². The van der Waals surface area contributed by atoms with E-state index in [1.807, 2.05) is 0 Å². The molecular weight excluding hydrogens is 260 g/mol. The minimum absolute atomic E-state index is 0. The van der Waals surface area contributed by atoms with Crippen LogP contribution in [0.5, 0.6) is 0 Å². The van der Waals surface area contributed by atoms with Crippen molar-refractivity contribution in [3.8, 4) is 11.5 Å². The number of nitrogens with zero attached hydrogens (tertiary/aromatic N) is 4. The van der Waals surface area contributed by atoms with E-state index in [2.05, 4.69) is 25.1 Å². The molecular formula is C7H8Cl3N5. The predicted octanol–water partition coefficient (Wildman–Crippen LogP) is 1.84. The summed E-state index contributed by atoms with van der Waals surface area (Å²) in [5, 5.41) is 6.65. The molecule has 2 heterocycles. The van der Waals surface area contributed by atoms with Crippen LogP contribution in [0, 0.1) is 0 Å². The highest BCUT2D eigenvalue weighted by molar-refractivity contribution is 6.16. The molecule has 2 aromatic heterocycles. The number of halogens is 3. The first-order chi connectivity index (χ1) is 6.40. The van der Waals surface area contributed by atoms with Crippen LogP contribution in [0.4, 0.5) is 0 Å². The van der Waals surface area contributed by atoms with E-state index in [4.69, 9.17) is 11.6 Å². The van der Waals surface area contributed by atoms with E-state index in [0.29, 0.717) is 23.2 Å². The van der Waals surface area contributed by atoms with E-state index in [1.165, 1.54) is 6.33 Å². The van der Waals surface area contributed by atoms with Gasteiger partial charge in [-0.05, 0) is 6.07 Å². The Morgan fingerprint density at radius 2 is 2.13 bits per heavy atom. The topological polar surface area (TPSA) is 67.3 Å². The van der Waals surface area contributed by atoms with E-state index in [-0.39, 0.29) is 24.8 Å². The normalized spacial score (nSPS) is 8.87. The molecule has 0 aromatic carbocycles. The Morgan fingerprint density at radius 1 is 1.33 bits per heavy atom. The number of H-pyrrole nitrogens is 1. The summed E-state index contributed by atoms with van der Waals surface area (Å²) >= 11 is 5.56. The largest absolute Gasteiger partial charge is 0.262 e. The van der Waals surface area contributed by atoms with Gasteiger partial charge in [-0.1, -0.05) is 0 Å². The maximum absolute atomic E-state index is 5.56. The lowest BCUT2D eigenvalue weighted by atomic mass is 10.4. The third-order valence-electron chi connectivity index (χ3n) is 1.47. The molecule has 2 rings (SSSR count). The van der Waals surface area contributed by atoms with E-state index < -0.39 is 0 Å². The molecule has 0 fully saturated rings. The monoisotopic (exact) mass is 267 g/mol. The number of hydrogen-bond donors (Lipinski definition) is 1. The molecule has 0 bridgehead atoms. The Kier molecular flexibility index (Phi) is 6.15. The number of nitrogens with one attached hydrogen (secondary N) is 1. The quantitative estimate of drug-likeness (QED) is 0.844. The van der Waals surface area contributed by atoms with Gasteiger partial charge in [0.25, 0.3) is 0 Å². The lowest BCUT2D eigenvalue weighted by molar-refractivity contribution is 1.02. The van der Waals surface area contributed by atoms with Gasteiger partial charge < -0.3 is 0 Å². The van der Waals surface area contributed by atoms with Crippen molar-refractivity contribution in [3.05, 3.63) is 24.4 Å². The van der Waals surface area contributed by atoms with Gasteiger partial charge in [0.15, 0.2) is 5.82 Å². The molecule has 0 atom stereocenters. The van der Waals surface area contributed by atoms with Crippen LogP contribution in [-0.4, -0.2) is 25.1 Å². The Bertz CT molecular complexity index is 391. The summed E-state index contributed by atoms with van der Waals surface area (Å²) < 4.78 is 0. The molecule has 5 nitrogen and oxygen atoms in total. The van der Waals surface area contributed by atoms with Crippen LogP contribution in [0.25, 0.3) is 11.5 Å². The fourth-order valence-corrected chi connectivity index (χ4v) is 1.01. The zero-order valence-corrected chi connectivity index (χ0v) is 9.81. The molecule has 0 unspecified atom stereocenters. The number of aromatic nitrogens is 5. The van der Waals surface area contributed by atoms with Gasteiger partial charge >= 0.3 is 0 Å². The van der Waals surface area contributed by atoms with Crippen LogP contribution in [0.2, 0.25) is 0 Å². The number of hydrogen-bond acceptors (Lipinski definition) is 4. The lowest BCUT2D eigenvalue weighted by Crippen LogP contribution is -1.85. The second kappa shape index (κ2) is 6.55. The second-order valence-electron chi connectivity index (χ2n) is 2.33. The van der Waals surface area contributed by atoms with Crippen LogP contribution in [0.3, 0.4) is 0 Å². The SMILES string of the molecule is Cl.Cl.ClCc1nc(-c2ccncn2)n[nH]1. The van der Waals surface area contributed by atoms with Crippen molar-refractivity contribution in [3.63, 3.8) is 0 Å². The molecule has 0 aliphatic heterocycles. The fourth-order valence-electron chi connectivity index (χ4n) is 0.893. The van der Waals surface area contributed by atoms with Crippen LogP contribution >= 0.6 is 36.4 Å². The predicted molar refractivity (Wildman–Crippen MR) is 61.5 cm³/mol. The highest BCUT2D eigenvalue weighted by Gasteiger charge is 2.04. The molecule has 0 amide bonds. The summed E-state index contributed by atoms with van der Waals surface area (Å²) in [5.41, 5.74) is 0.683. The maximum atomic E-state index is 5.56. The van der Waals surface area contributed by atoms with Gasteiger partial charge in [-0.3, -0.25) is 5.10 Å². The highest BCUT2D eigenvalue weighted by Crippen LogP contribution is 2.09. The van der Waals surface area contributed by atoms with Crippen molar-refractivity contribution in [1.82, 2.24) is 25.1 Å². The first-order valence-electron chi connectivity index (χ1n) is 3.64. The number of rotatable bonds is 2. The molecule has 0 radical (unpaired) electrons. The third kappa shape index (κ3) is 3.30. The summed E-state index contributed by atoms with van der Waals surface area (Å²) in [4.78, 5) is 11.9. The molecule has 2 aromatic rings. The van der Waals surface area contributed by atoms with Gasteiger partial charge in [0.1, 0.15) is 17.8 Å². The Morgan fingerprint density at radius 3 is 2.67 bits per heavy atom. The molecule has 0 saturated carbocycles. The molecule has 0 spiro atoms. The van der Waals surface area contributed by atoms with E-state index in [1.54, 1.807) is 12.3 Å². The average molecular weight is 269 g/mol. The van der Waals surface area contributed by atoms with Gasteiger partial charge in [-0.2, -0.15) is 5.10 Å². The van der Waals surface area contributed by atoms with Gasteiger partial charge in [0.05, 0.1) is 5.88 Å². The minimum Gasteiger partial charge on any atom is -0.262 e. The Labute approximate surface area is 104 Å². The molecule has 1 N–H and O–H groups in total. The molecule has 0 saturated heterocycles. The van der Waals surface area contributed by atoms with Gasteiger partial charge in [0, 0.05) is 6.20 Å². The average Bonchev–Trinajstić information content (AvgIpc) is 2.67. The van der Waals surface area contributed by atoms with Crippen molar-refractivity contribution >= 4 is 36.4 Å². The zero-order valence-electron chi connectivity index (χ0n) is 7.42. The third-order valence-corrected chi connectivity index (χ3v) is 1.72. The summed E-state index contributed by atoms with van der Waals surface area (Å²) in [6, 6.07) is 1.74. The summed E-state index contributed by atoms with van der Waals surface area (Å²) in [5.74, 6) is 1.49. The summed E-state index contributed by atoms with van der Waals surface area (Å²) in [7, 11) is 0. The zero-order chi connectivity index (χ0) is 9.10. The van der Waals surface area contributed by atoms with Crippen molar-refractivity contribution in [2.75, 3.05) is 0 Å². The molecule has 0 aliphatic carbocycles. The smallest absolute Gasteiger partial charge is 0.199 e. The van der Waals surface area contributed by atoms with Crippen molar-refractivity contribution in [2.24, 2.45) is 0 Å². The van der Waals surface area contributed by atoms with Crippen molar-refractivity contribution in [1.29, 1.82) is 0 Å². The van der Waals surface area contributed by atoms with Crippen molar-refractivity contribution in [2.45, 2.75) is 5.88 Å². The van der Waals surface area contributed by atoms with Crippen LogP contribution < -0.4 is 0 Å². The van der Waals surface area contributed by atoms with Crippen LogP contribution in [0.15, 0.2) is 18.6 Å². The van der Waals surface area contributed by atoms with Gasteiger partial charge in [-0.15, -0.1) is 36.4 Å². The first kappa shape index (κ1) is 14.1. The first-order valence-corrected chi connectivity index (χ1v) is 4.17. The standard InChI is InChI=1S/C7H6ClN5.2ClH/c8-3-6-11-7(13-12-6)5-1-2-9-4-10-5;;/h1-2,4H,3H2,(H,11,12,13);2*1H. The number of aromatic amines is 1. The van der Waals surface area contributed by atoms with E-state index in [0.717, 1.165) is 0 Å².